The van der Waals surface area contributed by atoms with Crippen molar-refractivity contribution in [2.45, 2.75) is 10.9 Å². The van der Waals surface area contributed by atoms with Crippen LogP contribution in [0.2, 0.25) is 0 Å². The number of hydrogen-bond donors (Lipinski definition) is 1. The van der Waals surface area contributed by atoms with Crippen LogP contribution in [0.4, 0.5) is 0 Å². The van der Waals surface area contributed by atoms with Gasteiger partial charge in [-0.1, -0.05) is 23.9 Å². The van der Waals surface area contributed by atoms with Crippen LogP contribution in [0.3, 0.4) is 0 Å². The molecule has 3 aromatic rings. The second kappa shape index (κ2) is 5.49. The predicted octanol–water partition coefficient (Wildman–Crippen LogP) is 1.84. The Hall–Kier alpha value is -1.74. The minimum absolute atomic E-state index is 0.601. The van der Waals surface area contributed by atoms with E-state index in [9.17, 15) is 0 Å². The molecule has 0 saturated carbocycles. The van der Waals surface area contributed by atoms with E-state index < -0.39 is 0 Å². The Morgan fingerprint density at radius 2 is 2.21 bits per heavy atom. The second-order valence-corrected chi connectivity index (χ2v) is 5.36. The molecule has 0 spiro atoms. The van der Waals surface area contributed by atoms with Gasteiger partial charge in [-0.05, 0) is 38.5 Å². The zero-order valence-corrected chi connectivity index (χ0v) is 12.0. The molecule has 2 heterocycles. The number of rotatable bonds is 4. The topological polar surface area (TPSA) is 85.2 Å². The average Bonchev–Trinajstić information content (AvgIpc) is 3.08. The quantitative estimate of drug-likeness (QED) is 0.731. The lowest BCUT2D eigenvalue weighted by Gasteiger charge is -2.05. The highest BCUT2D eigenvalue weighted by Crippen LogP contribution is 2.23. The fourth-order valence-electron chi connectivity index (χ4n) is 1.50. The molecule has 0 saturated heterocycles. The summed E-state index contributed by atoms with van der Waals surface area (Å²) in [5.74, 6) is 1.34. The molecule has 0 aliphatic carbocycles. The first-order chi connectivity index (χ1) is 9.34. The molecule has 7 nitrogen and oxygen atoms in total. The fourth-order valence-corrected chi connectivity index (χ4v) is 2.64. The van der Waals surface area contributed by atoms with E-state index in [4.69, 9.17) is 0 Å². The van der Waals surface area contributed by atoms with Gasteiger partial charge in [-0.25, -0.2) is 4.98 Å². The lowest BCUT2D eigenvalue weighted by molar-refractivity contribution is 0.775. The van der Waals surface area contributed by atoms with E-state index in [-0.39, 0.29) is 0 Å². The van der Waals surface area contributed by atoms with Gasteiger partial charge >= 0.3 is 0 Å². The van der Waals surface area contributed by atoms with Crippen LogP contribution in [0.1, 0.15) is 5.82 Å². The summed E-state index contributed by atoms with van der Waals surface area (Å²) in [6.07, 6.45) is 1.47. The van der Waals surface area contributed by atoms with Crippen LogP contribution in [0.15, 0.2) is 40.2 Å². The molecule has 1 N–H and O–H groups in total. The number of aromatic amines is 1. The number of benzene rings is 1. The number of thioether (sulfide) groups is 1. The highest BCUT2D eigenvalue weighted by Gasteiger charge is 2.11. The van der Waals surface area contributed by atoms with Gasteiger partial charge in [-0.15, -0.1) is 5.10 Å². The largest absolute Gasteiger partial charge is 0.254 e. The first-order valence-corrected chi connectivity index (χ1v) is 7.13. The summed E-state index contributed by atoms with van der Waals surface area (Å²) in [6, 6.07) is 7.78. The molecule has 9 heteroatoms. The number of nitrogens with zero attached hydrogens (tertiary/aromatic N) is 6. The van der Waals surface area contributed by atoms with Crippen molar-refractivity contribution in [2.75, 3.05) is 0 Å². The Kier molecular flexibility index (Phi) is 3.56. The molecule has 0 bridgehead atoms. The molecule has 96 valence electrons. The van der Waals surface area contributed by atoms with Gasteiger partial charge in [0.15, 0.2) is 11.0 Å². The Bertz CT molecular complexity index is 666. The third-order valence-electron chi connectivity index (χ3n) is 2.35. The van der Waals surface area contributed by atoms with Gasteiger partial charge in [-0.3, -0.25) is 5.10 Å². The predicted molar refractivity (Wildman–Crippen MR) is 72.8 cm³/mol. The molecule has 0 aliphatic heterocycles. The summed E-state index contributed by atoms with van der Waals surface area (Å²) < 4.78 is 2.64. The van der Waals surface area contributed by atoms with Crippen molar-refractivity contribution < 1.29 is 0 Å². The Balaban J connectivity index is 1.84. The van der Waals surface area contributed by atoms with Crippen molar-refractivity contribution in [3.8, 4) is 5.69 Å². The van der Waals surface area contributed by atoms with Gasteiger partial charge in [0, 0.05) is 4.47 Å². The Morgan fingerprint density at radius 1 is 1.32 bits per heavy atom. The maximum atomic E-state index is 4.04. The van der Waals surface area contributed by atoms with Crippen molar-refractivity contribution >= 4 is 27.7 Å². The molecule has 0 amide bonds. The van der Waals surface area contributed by atoms with E-state index in [2.05, 4.69) is 46.6 Å². The second-order valence-electron chi connectivity index (χ2n) is 3.54. The van der Waals surface area contributed by atoms with Gasteiger partial charge in [0.05, 0.1) is 11.4 Å². The molecule has 2 aromatic heterocycles. The van der Waals surface area contributed by atoms with Crippen LogP contribution >= 0.6 is 27.7 Å². The third kappa shape index (κ3) is 2.66. The van der Waals surface area contributed by atoms with E-state index >= 15 is 0 Å². The number of tetrazole rings is 1. The number of nitrogens with one attached hydrogen (secondary N) is 1. The molecule has 0 radical (unpaired) electrons. The van der Waals surface area contributed by atoms with Gasteiger partial charge < -0.3 is 0 Å². The maximum absolute atomic E-state index is 4.04. The highest BCUT2D eigenvalue weighted by atomic mass is 79.9. The molecule has 3 rings (SSSR count). The van der Waals surface area contributed by atoms with Gasteiger partial charge in [-0.2, -0.15) is 9.78 Å². The minimum Gasteiger partial charge on any atom is -0.254 e. The number of H-pyrrole nitrogens is 1. The standard InChI is InChI=1S/C10H8BrN7S/c11-7-3-1-2-4-8(7)18-9(14-16-17-18)5-19-10-12-6-13-15-10/h1-4,6H,5H2,(H,12,13,15). The summed E-state index contributed by atoms with van der Waals surface area (Å²) in [5, 5.41) is 19.1. The van der Waals surface area contributed by atoms with Gasteiger partial charge in [0.25, 0.3) is 0 Å². The summed E-state index contributed by atoms with van der Waals surface area (Å²) in [5.41, 5.74) is 0.903. The summed E-state index contributed by atoms with van der Waals surface area (Å²) >= 11 is 4.98. The SMILES string of the molecule is Brc1ccccc1-n1nnnc1CSc1ncn[nH]1. The lowest BCUT2D eigenvalue weighted by atomic mass is 10.3. The Labute approximate surface area is 121 Å². The molecular weight excluding hydrogens is 330 g/mol. The molecule has 0 atom stereocenters. The van der Waals surface area contributed by atoms with Gasteiger partial charge in [0.1, 0.15) is 6.33 Å². The molecule has 19 heavy (non-hydrogen) atoms. The zero-order chi connectivity index (χ0) is 13.1. The van der Waals surface area contributed by atoms with E-state index in [0.717, 1.165) is 21.1 Å². The van der Waals surface area contributed by atoms with Crippen LogP contribution in [0.25, 0.3) is 5.69 Å². The monoisotopic (exact) mass is 337 g/mol. The van der Waals surface area contributed by atoms with Gasteiger partial charge in [0.2, 0.25) is 0 Å². The van der Waals surface area contributed by atoms with Crippen LogP contribution in [0.5, 0.6) is 0 Å². The summed E-state index contributed by atoms with van der Waals surface area (Å²) in [7, 11) is 0. The highest BCUT2D eigenvalue weighted by molar-refractivity contribution is 9.10. The smallest absolute Gasteiger partial charge is 0.183 e. The van der Waals surface area contributed by atoms with E-state index in [1.807, 2.05) is 24.3 Å². The molecule has 1 aromatic carbocycles. The van der Waals surface area contributed by atoms with E-state index in [1.54, 1.807) is 4.68 Å². The van der Waals surface area contributed by atoms with E-state index in [1.165, 1.54) is 18.1 Å². The fraction of sp³-hybridized carbons (Fsp3) is 0.100. The van der Waals surface area contributed by atoms with Crippen molar-refractivity contribution in [1.82, 2.24) is 35.4 Å². The summed E-state index contributed by atoms with van der Waals surface area (Å²) in [6.45, 7) is 0. The molecule has 0 unspecified atom stereocenters. The minimum atomic E-state index is 0.601. The number of para-hydroxylation sites is 1. The lowest BCUT2D eigenvalue weighted by Crippen LogP contribution is -2.03. The normalized spacial score (nSPS) is 10.8. The van der Waals surface area contributed by atoms with Crippen molar-refractivity contribution in [2.24, 2.45) is 0 Å². The molecular formula is C10H8BrN7S. The maximum Gasteiger partial charge on any atom is 0.183 e. The van der Waals surface area contributed by atoms with Crippen molar-refractivity contribution in [3.05, 3.63) is 40.9 Å². The van der Waals surface area contributed by atoms with Crippen LogP contribution in [0, 0.1) is 0 Å². The number of hydrogen-bond acceptors (Lipinski definition) is 6. The number of halogens is 1. The van der Waals surface area contributed by atoms with Crippen LogP contribution in [-0.4, -0.2) is 35.4 Å². The Morgan fingerprint density at radius 3 is 3.00 bits per heavy atom. The first kappa shape index (κ1) is 12.3. The average molecular weight is 338 g/mol. The van der Waals surface area contributed by atoms with Crippen molar-refractivity contribution in [3.63, 3.8) is 0 Å². The third-order valence-corrected chi connectivity index (χ3v) is 3.89. The van der Waals surface area contributed by atoms with Crippen LogP contribution in [-0.2, 0) is 5.75 Å². The first-order valence-electron chi connectivity index (χ1n) is 5.35. The van der Waals surface area contributed by atoms with Crippen LogP contribution < -0.4 is 0 Å². The van der Waals surface area contributed by atoms with Crippen molar-refractivity contribution in [1.29, 1.82) is 0 Å². The molecule has 0 fully saturated rings. The zero-order valence-electron chi connectivity index (χ0n) is 9.56. The van der Waals surface area contributed by atoms with E-state index in [0.29, 0.717) is 5.75 Å². The number of aromatic nitrogens is 7. The summed E-state index contributed by atoms with van der Waals surface area (Å²) in [4.78, 5) is 4.04. The molecule has 0 aliphatic rings.